The lowest BCUT2D eigenvalue weighted by atomic mass is 9.96. The maximum Gasteiger partial charge on any atom is 0.212 e. The number of aryl methyl sites for hydroxylation is 3. The van der Waals surface area contributed by atoms with Gasteiger partial charge in [0.15, 0.2) is 0 Å². The average molecular weight is 482 g/mol. The fourth-order valence-electron chi connectivity index (χ4n) is 3.97. The monoisotopic (exact) mass is 482 g/mol. The lowest BCUT2D eigenvalue weighted by Crippen LogP contribution is -3.00. The molecule has 0 bridgehead atoms. The Morgan fingerprint density at radius 1 is 0.929 bits per heavy atom. The highest BCUT2D eigenvalue weighted by Crippen LogP contribution is 2.34. The molecule has 0 saturated carbocycles. The predicted octanol–water partition coefficient (Wildman–Crippen LogP) is 2.66. The highest BCUT2D eigenvalue weighted by Gasteiger charge is 2.18. The number of rotatable bonds is 3. The van der Waals surface area contributed by atoms with Crippen molar-refractivity contribution in [3.05, 3.63) is 83.2 Å². The third-order valence-corrected chi connectivity index (χ3v) is 5.39. The Kier molecular flexibility index (Phi) is 6.23. The minimum absolute atomic E-state index is 0. The van der Waals surface area contributed by atoms with Gasteiger partial charge in [-0.1, -0.05) is 23.3 Å². The number of benzene rings is 2. The summed E-state index contributed by atoms with van der Waals surface area (Å²) in [7, 11) is 0. The van der Waals surface area contributed by atoms with Gasteiger partial charge < -0.3 is 28.9 Å². The molecule has 2 aromatic carbocycles. The van der Waals surface area contributed by atoms with Gasteiger partial charge in [0.05, 0.1) is 0 Å². The van der Waals surface area contributed by atoms with E-state index in [2.05, 4.69) is 104 Å². The van der Waals surface area contributed by atoms with Crippen LogP contribution in [0.2, 0.25) is 0 Å². The van der Waals surface area contributed by atoms with E-state index >= 15 is 0 Å². The van der Waals surface area contributed by atoms with Crippen molar-refractivity contribution in [3.63, 3.8) is 0 Å². The van der Waals surface area contributed by atoms with Crippen molar-refractivity contribution >= 4 is 28.2 Å². The molecule has 3 aromatic rings. The van der Waals surface area contributed by atoms with E-state index in [0.717, 1.165) is 13.1 Å². The average Bonchev–Trinajstić information content (AvgIpc) is 2.68. The third-order valence-electron chi connectivity index (χ3n) is 5.39. The van der Waals surface area contributed by atoms with Gasteiger partial charge in [-0.25, -0.2) is 0 Å². The quantitative estimate of drug-likeness (QED) is 0.412. The van der Waals surface area contributed by atoms with Gasteiger partial charge in [0, 0.05) is 47.6 Å². The number of hydrogen-bond acceptors (Lipinski definition) is 1. The minimum Gasteiger partial charge on any atom is -1.00 e. The van der Waals surface area contributed by atoms with Crippen LogP contribution in [0.15, 0.2) is 60.8 Å². The van der Waals surface area contributed by atoms with Gasteiger partial charge in [-0.15, -0.1) is 0 Å². The highest BCUT2D eigenvalue weighted by atomic mass is 127. The number of pyridine rings is 1. The van der Waals surface area contributed by atoms with Gasteiger partial charge in [0.2, 0.25) is 11.2 Å². The zero-order valence-electron chi connectivity index (χ0n) is 17.0. The Morgan fingerprint density at radius 3 is 2.43 bits per heavy atom. The lowest BCUT2D eigenvalue weighted by molar-refractivity contribution is -0.669. The first-order chi connectivity index (χ1) is 13.1. The van der Waals surface area contributed by atoms with Crippen molar-refractivity contribution in [3.8, 4) is 0 Å². The zero-order chi connectivity index (χ0) is 19.0. The van der Waals surface area contributed by atoms with Crippen molar-refractivity contribution in [1.29, 1.82) is 0 Å². The predicted molar refractivity (Wildman–Crippen MR) is 116 cm³/mol. The molecule has 0 unspecified atom stereocenters. The third kappa shape index (κ3) is 3.72. The van der Waals surface area contributed by atoms with Crippen LogP contribution < -0.4 is 33.4 Å². The molecule has 0 saturated heterocycles. The van der Waals surface area contributed by atoms with Gasteiger partial charge in [0.1, 0.15) is 6.54 Å². The number of nitrogens with zero attached hydrogens (tertiary/aromatic N) is 2. The minimum atomic E-state index is 0. The fourth-order valence-corrected chi connectivity index (χ4v) is 3.97. The van der Waals surface area contributed by atoms with Crippen molar-refractivity contribution in [2.75, 3.05) is 11.4 Å². The molecule has 0 aliphatic carbocycles. The summed E-state index contributed by atoms with van der Waals surface area (Å²) in [5.74, 6) is 0. The van der Waals surface area contributed by atoms with Crippen molar-refractivity contribution < 1.29 is 28.5 Å². The second-order valence-electron chi connectivity index (χ2n) is 7.29. The Bertz CT molecular complexity index is 1080. The number of hydrogen-bond donors (Lipinski definition) is 0. The number of allylic oxidation sites excluding steroid dienone is 2. The van der Waals surface area contributed by atoms with Gasteiger partial charge in [-0.3, -0.25) is 0 Å². The van der Waals surface area contributed by atoms with Crippen molar-refractivity contribution in [2.24, 2.45) is 0 Å². The zero-order valence-corrected chi connectivity index (χ0v) is 19.2. The van der Waals surface area contributed by atoms with E-state index < -0.39 is 0 Å². The number of fused-ring (bicyclic) bond motifs is 2. The summed E-state index contributed by atoms with van der Waals surface area (Å²) in [6, 6.07) is 17.9. The smallest absolute Gasteiger partial charge is 0.212 e. The molecule has 1 aliphatic rings. The molecule has 0 amide bonds. The molecule has 2 nitrogen and oxygen atoms in total. The first-order valence-electron chi connectivity index (χ1n) is 9.81. The first kappa shape index (κ1) is 20.6. The van der Waals surface area contributed by atoms with Crippen LogP contribution in [0.1, 0.15) is 36.2 Å². The summed E-state index contributed by atoms with van der Waals surface area (Å²) < 4.78 is 2.40. The molecule has 3 heteroatoms. The standard InChI is InChI=1S/C25H27N2.HI/c1-5-26-14-13-20(23-16-19(4)8-12-25(23)26)17-22-10-9-21-15-18(3)7-11-24(21)27(22)6-2;/h7-17H,5-6H2,1-4H3;1H/q+1;/p-1. The van der Waals surface area contributed by atoms with E-state index in [0.29, 0.717) is 0 Å². The normalized spacial score (nSPS) is 14.3. The Hall–Kier alpha value is -2.14. The second-order valence-corrected chi connectivity index (χ2v) is 7.29. The Morgan fingerprint density at radius 2 is 1.68 bits per heavy atom. The molecule has 2 heterocycles. The van der Waals surface area contributed by atoms with Crippen molar-refractivity contribution in [2.45, 2.75) is 34.2 Å². The van der Waals surface area contributed by atoms with Crippen molar-refractivity contribution in [1.82, 2.24) is 0 Å². The molecule has 1 aromatic heterocycles. The molecule has 0 atom stereocenters. The van der Waals surface area contributed by atoms with E-state index in [9.17, 15) is 0 Å². The molecule has 0 N–H and O–H groups in total. The van der Waals surface area contributed by atoms with Crippen LogP contribution in [0, 0.1) is 13.8 Å². The van der Waals surface area contributed by atoms with E-state index in [1.807, 2.05) is 0 Å². The topological polar surface area (TPSA) is 7.12 Å². The molecular weight excluding hydrogens is 455 g/mol. The Balaban J connectivity index is 0.00000225. The van der Waals surface area contributed by atoms with Crippen LogP contribution in [0.25, 0.3) is 22.6 Å². The van der Waals surface area contributed by atoms with Crippen LogP contribution in [-0.2, 0) is 6.54 Å². The maximum absolute atomic E-state index is 2.40. The number of anilines is 1. The van der Waals surface area contributed by atoms with Gasteiger partial charge in [-0.2, -0.15) is 4.57 Å². The second kappa shape index (κ2) is 8.48. The molecule has 1 aliphatic heterocycles. The summed E-state index contributed by atoms with van der Waals surface area (Å²) in [5, 5.41) is 1.30. The summed E-state index contributed by atoms with van der Waals surface area (Å²) in [5.41, 5.74) is 9.00. The molecule has 144 valence electrons. The molecule has 4 rings (SSSR count). The summed E-state index contributed by atoms with van der Waals surface area (Å²) in [6.45, 7) is 10.7. The summed E-state index contributed by atoms with van der Waals surface area (Å²) in [4.78, 5) is 2.31. The lowest BCUT2D eigenvalue weighted by Gasteiger charge is -2.26. The van der Waals surface area contributed by atoms with Crippen LogP contribution >= 0.6 is 0 Å². The van der Waals surface area contributed by atoms with E-state index in [-0.39, 0.29) is 24.0 Å². The summed E-state index contributed by atoms with van der Waals surface area (Å²) >= 11 is 0. The SMILES string of the molecule is CCN1C=CC(=Cc2ccc3cc(C)ccc3[n+]2CC)c2cc(C)ccc21.[I-]. The number of aromatic nitrogens is 1. The highest BCUT2D eigenvalue weighted by molar-refractivity contribution is 5.94. The van der Waals surface area contributed by atoms with Crippen LogP contribution in [0.4, 0.5) is 5.69 Å². The van der Waals surface area contributed by atoms with Gasteiger partial charge >= 0.3 is 0 Å². The molecule has 28 heavy (non-hydrogen) atoms. The molecule has 0 radical (unpaired) electrons. The van der Waals surface area contributed by atoms with E-state index in [1.54, 1.807) is 0 Å². The first-order valence-corrected chi connectivity index (χ1v) is 9.81. The molecule has 0 fully saturated rings. The van der Waals surface area contributed by atoms with Crippen LogP contribution in [0.3, 0.4) is 0 Å². The molecule has 0 spiro atoms. The van der Waals surface area contributed by atoms with E-state index in [1.165, 1.54) is 44.5 Å². The molecular formula is C25H27IN2. The van der Waals surface area contributed by atoms with E-state index in [4.69, 9.17) is 0 Å². The number of halogens is 1. The Labute approximate surface area is 185 Å². The maximum atomic E-state index is 2.40. The van der Waals surface area contributed by atoms with Gasteiger partial charge in [0.25, 0.3) is 0 Å². The largest absolute Gasteiger partial charge is 1.00 e. The summed E-state index contributed by atoms with van der Waals surface area (Å²) in [6.07, 6.45) is 6.76. The van der Waals surface area contributed by atoms with Crippen LogP contribution in [0.5, 0.6) is 0 Å². The van der Waals surface area contributed by atoms with Crippen LogP contribution in [-0.4, -0.2) is 6.54 Å². The fraction of sp³-hybridized carbons (Fsp3) is 0.240. The van der Waals surface area contributed by atoms with Gasteiger partial charge in [-0.05, 0) is 63.6 Å².